The summed E-state index contributed by atoms with van der Waals surface area (Å²) < 4.78 is 26.6. The fourth-order valence-electron chi connectivity index (χ4n) is 2.84. The van der Waals surface area contributed by atoms with E-state index in [1.807, 2.05) is 20.8 Å². The van der Waals surface area contributed by atoms with E-state index in [-0.39, 0.29) is 16.1 Å². The maximum absolute atomic E-state index is 12.7. The van der Waals surface area contributed by atoms with Crippen LogP contribution in [0.3, 0.4) is 0 Å². The average Bonchev–Trinajstić information content (AvgIpc) is 2.92. The highest BCUT2D eigenvalue weighted by molar-refractivity contribution is 7.90. The van der Waals surface area contributed by atoms with Crippen molar-refractivity contribution < 1.29 is 13.2 Å². The third kappa shape index (κ3) is 2.03. The maximum atomic E-state index is 12.7. The standard InChI is InChI=1S/C16H17NO3S/c1-11-4-6-12(7-5-11)21(19,20)17-9-8-13-15(17)14(18)10-16(13,2)3/h4-9H,10H2,1-3H3. The predicted molar refractivity (Wildman–Crippen MR) is 80.2 cm³/mol. The first-order chi connectivity index (χ1) is 9.73. The van der Waals surface area contributed by atoms with Gasteiger partial charge in [0.25, 0.3) is 10.0 Å². The molecule has 1 aliphatic carbocycles. The van der Waals surface area contributed by atoms with Gasteiger partial charge in [-0.1, -0.05) is 31.5 Å². The number of ketones is 1. The third-order valence-corrected chi connectivity index (χ3v) is 5.72. The summed E-state index contributed by atoms with van der Waals surface area (Å²) >= 11 is 0. The Bertz CT molecular complexity index is 827. The summed E-state index contributed by atoms with van der Waals surface area (Å²) in [5.41, 5.74) is 1.80. The van der Waals surface area contributed by atoms with Crippen LogP contribution in [0.2, 0.25) is 0 Å². The second-order valence-corrected chi connectivity index (χ2v) is 7.99. The van der Waals surface area contributed by atoms with E-state index in [4.69, 9.17) is 0 Å². The smallest absolute Gasteiger partial charge is 0.268 e. The second-order valence-electron chi connectivity index (χ2n) is 6.18. The molecule has 3 rings (SSSR count). The van der Waals surface area contributed by atoms with Crippen molar-refractivity contribution >= 4 is 15.8 Å². The van der Waals surface area contributed by atoms with Gasteiger partial charge in [0.1, 0.15) is 5.69 Å². The number of aryl methyl sites for hydroxylation is 1. The number of fused-ring (bicyclic) bond motifs is 1. The Labute approximate surface area is 124 Å². The number of nitrogens with zero attached hydrogens (tertiary/aromatic N) is 1. The topological polar surface area (TPSA) is 56.1 Å². The van der Waals surface area contributed by atoms with Gasteiger partial charge in [-0.2, -0.15) is 0 Å². The fraction of sp³-hybridized carbons (Fsp3) is 0.312. The molecule has 0 amide bonds. The summed E-state index contributed by atoms with van der Waals surface area (Å²) in [5, 5.41) is 0. The van der Waals surface area contributed by atoms with Crippen molar-refractivity contribution in [2.45, 2.75) is 37.5 Å². The van der Waals surface area contributed by atoms with Gasteiger partial charge in [0, 0.05) is 12.6 Å². The van der Waals surface area contributed by atoms with Crippen LogP contribution in [0.25, 0.3) is 0 Å². The zero-order valence-corrected chi connectivity index (χ0v) is 13.1. The molecule has 1 aromatic carbocycles. The zero-order chi connectivity index (χ0) is 15.4. The molecular weight excluding hydrogens is 286 g/mol. The molecule has 5 heteroatoms. The molecule has 4 nitrogen and oxygen atoms in total. The number of hydrogen-bond donors (Lipinski definition) is 0. The van der Waals surface area contributed by atoms with Crippen LogP contribution in [0.1, 0.15) is 41.9 Å². The van der Waals surface area contributed by atoms with Crippen molar-refractivity contribution in [3.05, 3.63) is 53.3 Å². The first kappa shape index (κ1) is 14.1. The van der Waals surface area contributed by atoms with E-state index in [1.54, 1.807) is 30.3 Å². The molecule has 0 fully saturated rings. The average molecular weight is 303 g/mol. The lowest BCUT2D eigenvalue weighted by Crippen LogP contribution is -2.16. The molecule has 2 aromatic rings. The Balaban J connectivity index is 2.19. The second kappa shape index (κ2) is 4.31. The maximum Gasteiger partial charge on any atom is 0.268 e. The quantitative estimate of drug-likeness (QED) is 0.857. The normalized spacial score (nSPS) is 17.0. The van der Waals surface area contributed by atoms with Gasteiger partial charge in [0.05, 0.1) is 4.90 Å². The van der Waals surface area contributed by atoms with Gasteiger partial charge in [-0.3, -0.25) is 4.79 Å². The number of carbonyl (C=O) groups is 1. The van der Waals surface area contributed by atoms with Gasteiger partial charge in [-0.25, -0.2) is 12.4 Å². The van der Waals surface area contributed by atoms with Crippen LogP contribution in [-0.2, 0) is 15.4 Å². The fourth-order valence-corrected chi connectivity index (χ4v) is 4.21. The molecule has 0 aliphatic heterocycles. The zero-order valence-electron chi connectivity index (χ0n) is 12.3. The number of Topliss-reactive ketones (excluding diaryl/α,β-unsaturated/α-hetero) is 1. The number of carbonyl (C=O) groups excluding carboxylic acids is 1. The largest absolute Gasteiger partial charge is 0.292 e. The molecule has 1 aromatic heterocycles. The molecule has 0 atom stereocenters. The monoisotopic (exact) mass is 303 g/mol. The van der Waals surface area contributed by atoms with Crippen LogP contribution >= 0.6 is 0 Å². The summed E-state index contributed by atoms with van der Waals surface area (Å²) in [4.78, 5) is 12.4. The van der Waals surface area contributed by atoms with Crippen molar-refractivity contribution in [1.82, 2.24) is 3.97 Å². The van der Waals surface area contributed by atoms with Crippen LogP contribution < -0.4 is 0 Å². The number of hydrogen-bond acceptors (Lipinski definition) is 3. The first-order valence-corrected chi connectivity index (χ1v) is 8.25. The molecule has 110 valence electrons. The number of rotatable bonds is 2. The van der Waals surface area contributed by atoms with Crippen LogP contribution in [0.4, 0.5) is 0 Å². The summed E-state index contributed by atoms with van der Waals surface area (Å²) in [6.07, 6.45) is 1.83. The lowest BCUT2D eigenvalue weighted by molar-refractivity contribution is 0.0974. The van der Waals surface area contributed by atoms with Gasteiger partial charge in [-0.05, 0) is 36.1 Å². The highest BCUT2D eigenvalue weighted by Crippen LogP contribution is 2.39. The van der Waals surface area contributed by atoms with E-state index in [0.717, 1.165) is 15.1 Å². The minimum Gasteiger partial charge on any atom is -0.292 e. The van der Waals surface area contributed by atoms with Gasteiger partial charge in [0.2, 0.25) is 0 Å². The van der Waals surface area contributed by atoms with Gasteiger partial charge in [0.15, 0.2) is 5.78 Å². The van der Waals surface area contributed by atoms with Crippen LogP contribution in [0, 0.1) is 6.92 Å². The lowest BCUT2D eigenvalue weighted by atomic mass is 9.88. The molecule has 0 radical (unpaired) electrons. The van der Waals surface area contributed by atoms with Crippen LogP contribution in [-0.4, -0.2) is 18.2 Å². The van der Waals surface area contributed by atoms with Crippen molar-refractivity contribution in [2.75, 3.05) is 0 Å². The van der Waals surface area contributed by atoms with Crippen LogP contribution in [0.15, 0.2) is 41.4 Å². The molecular formula is C16H17NO3S. The SMILES string of the molecule is Cc1ccc(S(=O)(=O)n2ccc3c2C(=O)CC3(C)C)cc1. The van der Waals surface area contributed by atoms with E-state index < -0.39 is 10.0 Å². The molecule has 0 spiro atoms. The van der Waals surface area contributed by atoms with Crippen LogP contribution in [0.5, 0.6) is 0 Å². The summed E-state index contributed by atoms with van der Waals surface area (Å²) in [6.45, 7) is 5.81. The molecule has 21 heavy (non-hydrogen) atoms. The summed E-state index contributed by atoms with van der Waals surface area (Å²) in [7, 11) is -3.72. The Morgan fingerprint density at radius 2 is 1.71 bits per heavy atom. The van der Waals surface area contributed by atoms with E-state index in [0.29, 0.717) is 12.1 Å². The molecule has 1 heterocycles. The summed E-state index contributed by atoms with van der Waals surface area (Å²) in [6, 6.07) is 8.39. The highest BCUT2D eigenvalue weighted by atomic mass is 32.2. The molecule has 1 aliphatic rings. The van der Waals surface area contributed by atoms with Crippen molar-refractivity contribution in [3.63, 3.8) is 0 Å². The number of aromatic nitrogens is 1. The lowest BCUT2D eigenvalue weighted by Gasteiger charge is -2.14. The molecule has 0 unspecified atom stereocenters. The van der Waals surface area contributed by atoms with Gasteiger partial charge < -0.3 is 0 Å². The van der Waals surface area contributed by atoms with Gasteiger partial charge in [-0.15, -0.1) is 0 Å². The third-order valence-electron chi connectivity index (χ3n) is 4.03. The summed E-state index contributed by atoms with van der Waals surface area (Å²) in [5.74, 6) is -0.115. The molecule has 0 saturated heterocycles. The predicted octanol–water partition coefficient (Wildman–Crippen LogP) is 2.90. The minimum absolute atomic E-state index is 0.115. The van der Waals surface area contributed by atoms with E-state index >= 15 is 0 Å². The highest BCUT2D eigenvalue weighted by Gasteiger charge is 2.40. The Kier molecular flexibility index (Phi) is 2.89. The Morgan fingerprint density at radius 3 is 2.33 bits per heavy atom. The Hall–Kier alpha value is -1.88. The van der Waals surface area contributed by atoms with E-state index in [1.165, 1.54) is 6.20 Å². The first-order valence-electron chi connectivity index (χ1n) is 6.81. The van der Waals surface area contributed by atoms with Crippen molar-refractivity contribution in [3.8, 4) is 0 Å². The van der Waals surface area contributed by atoms with Crippen molar-refractivity contribution in [1.29, 1.82) is 0 Å². The van der Waals surface area contributed by atoms with Crippen molar-refractivity contribution in [2.24, 2.45) is 0 Å². The molecule has 0 N–H and O–H groups in total. The van der Waals surface area contributed by atoms with E-state index in [9.17, 15) is 13.2 Å². The Morgan fingerprint density at radius 1 is 1.10 bits per heavy atom. The molecule has 0 saturated carbocycles. The molecule has 0 bridgehead atoms. The number of benzene rings is 1. The minimum atomic E-state index is -3.72. The van der Waals surface area contributed by atoms with E-state index in [2.05, 4.69) is 0 Å². The van der Waals surface area contributed by atoms with Gasteiger partial charge >= 0.3 is 0 Å².